The minimum absolute atomic E-state index is 0.0936. The summed E-state index contributed by atoms with van der Waals surface area (Å²) in [5.74, 6) is 0. The largest absolute Gasteiger partial charge is 0.310 e. The first kappa shape index (κ1) is 16.6. The molecule has 0 aliphatic heterocycles. The molecule has 0 saturated carbocycles. The van der Waals surface area contributed by atoms with Gasteiger partial charge in [0.2, 0.25) is 0 Å². The summed E-state index contributed by atoms with van der Waals surface area (Å²) in [5, 5.41) is 5.67. The van der Waals surface area contributed by atoms with Gasteiger partial charge in [0, 0.05) is 21.1 Å². The molecule has 0 heterocycles. The molecule has 1 atom stereocenters. The summed E-state index contributed by atoms with van der Waals surface area (Å²) in [5.41, 5.74) is 2.03. The van der Waals surface area contributed by atoms with Crippen LogP contribution in [0.4, 0.5) is 0 Å². The molecule has 4 heteroatoms. The molecule has 0 fully saturated rings. The van der Waals surface area contributed by atoms with Crippen molar-refractivity contribution >= 4 is 34.8 Å². The fourth-order valence-corrected chi connectivity index (χ4v) is 3.12. The van der Waals surface area contributed by atoms with Crippen molar-refractivity contribution in [3.63, 3.8) is 0 Å². The van der Waals surface area contributed by atoms with Crippen molar-refractivity contribution < 1.29 is 0 Å². The molecule has 0 amide bonds. The number of benzene rings is 2. The van der Waals surface area contributed by atoms with Crippen LogP contribution < -0.4 is 5.32 Å². The van der Waals surface area contributed by atoms with Crippen LogP contribution in [0, 0.1) is 0 Å². The van der Waals surface area contributed by atoms with E-state index in [-0.39, 0.29) is 6.04 Å². The van der Waals surface area contributed by atoms with Gasteiger partial charge in [-0.3, -0.25) is 0 Å². The van der Waals surface area contributed by atoms with E-state index in [9.17, 15) is 0 Å². The van der Waals surface area contributed by atoms with Gasteiger partial charge in [-0.05, 0) is 48.7 Å². The number of hydrogen-bond donors (Lipinski definition) is 1. The number of nitrogens with one attached hydrogen (secondary N) is 1. The molecule has 21 heavy (non-hydrogen) atoms. The molecule has 1 unspecified atom stereocenters. The van der Waals surface area contributed by atoms with Gasteiger partial charge in [-0.25, -0.2) is 0 Å². The van der Waals surface area contributed by atoms with Crippen molar-refractivity contribution in [2.45, 2.75) is 25.8 Å². The van der Waals surface area contributed by atoms with Crippen LogP contribution in [-0.2, 0) is 6.42 Å². The molecular weight excluding hydrogens is 325 g/mol. The molecule has 112 valence electrons. The molecule has 0 aliphatic rings. The highest BCUT2D eigenvalue weighted by Gasteiger charge is 2.17. The van der Waals surface area contributed by atoms with Gasteiger partial charge >= 0.3 is 0 Å². The van der Waals surface area contributed by atoms with E-state index < -0.39 is 0 Å². The summed E-state index contributed by atoms with van der Waals surface area (Å²) in [4.78, 5) is 0. The van der Waals surface area contributed by atoms with Crippen molar-refractivity contribution in [1.29, 1.82) is 0 Å². The second-order valence-electron chi connectivity index (χ2n) is 4.93. The summed E-state index contributed by atoms with van der Waals surface area (Å²) in [6.45, 7) is 3.05. The first-order chi connectivity index (χ1) is 10.1. The van der Waals surface area contributed by atoms with Gasteiger partial charge in [-0.15, -0.1) is 0 Å². The smallest absolute Gasteiger partial charge is 0.0453 e. The molecule has 0 spiro atoms. The quantitative estimate of drug-likeness (QED) is 0.686. The zero-order valence-electron chi connectivity index (χ0n) is 11.9. The van der Waals surface area contributed by atoms with Gasteiger partial charge in [-0.1, -0.05) is 66.0 Å². The standard InChI is InChI=1S/C17H18Cl3N/c1-2-10-21-17(12-6-3-4-7-14(12)18)11-13-15(19)8-5-9-16(13)20/h3-9,17,21H,2,10-11H2,1H3. The van der Waals surface area contributed by atoms with Crippen molar-refractivity contribution in [1.82, 2.24) is 5.32 Å². The highest BCUT2D eigenvalue weighted by Crippen LogP contribution is 2.31. The fourth-order valence-electron chi connectivity index (χ4n) is 2.30. The Kier molecular flexibility index (Phi) is 6.38. The van der Waals surface area contributed by atoms with Crippen molar-refractivity contribution in [3.05, 3.63) is 68.7 Å². The van der Waals surface area contributed by atoms with Gasteiger partial charge < -0.3 is 5.32 Å². The van der Waals surface area contributed by atoms with Crippen LogP contribution in [0.15, 0.2) is 42.5 Å². The predicted molar refractivity (Wildman–Crippen MR) is 92.7 cm³/mol. The molecule has 2 rings (SSSR count). The third kappa shape index (κ3) is 4.37. The van der Waals surface area contributed by atoms with Crippen LogP contribution in [0.5, 0.6) is 0 Å². The SMILES string of the molecule is CCCNC(Cc1c(Cl)cccc1Cl)c1ccccc1Cl. The number of hydrogen-bond acceptors (Lipinski definition) is 1. The van der Waals surface area contributed by atoms with Crippen LogP contribution in [0.25, 0.3) is 0 Å². The Morgan fingerprint density at radius 3 is 2.14 bits per heavy atom. The third-order valence-corrected chi connectivity index (χ3v) is 4.44. The summed E-state index contributed by atoms with van der Waals surface area (Å²) in [6.07, 6.45) is 1.76. The lowest BCUT2D eigenvalue weighted by Gasteiger charge is -2.21. The van der Waals surface area contributed by atoms with E-state index in [0.717, 1.165) is 29.1 Å². The second-order valence-corrected chi connectivity index (χ2v) is 6.15. The van der Waals surface area contributed by atoms with Gasteiger partial charge in [-0.2, -0.15) is 0 Å². The Bertz CT molecular complexity index is 578. The van der Waals surface area contributed by atoms with Crippen LogP contribution in [-0.4, -0.2) is 6.54 Å². The average Bonchev–Trinajstić information content (AvgIpc) is 2.47. The first-order valence-corrected chi connectivity index (χ1v) is 8.17. The average molecular weight is 343 g/mol. The van der Waals surface area contributed by atoms with Gasteiger partial charge in [0.25, 0.3) is 0 Å². The zero-order chi connectivity index (χ0) is 15.2. The summed E-state index contributed by atoms with van der Waals surface area (Å²) in [6, 6.07) is 13.6. The minimum Gasteiger partial charge on any atom is -0.310 e. The van der Waals surface area contributed by atoms with Gasteiger partial charge in [0.15, 0.2) is 0 Å². The van der Waals surface area contributed by atoms with Gasteiger partial charge in [0.1, 0.15) is 0 Å². The Hall–Kier alpha value is -0.730. The van der Waals surface area contributed by atoms with E-state index >= 15 is 0 Å². The van der Waals surface area contributed by atoms with Crippen molar-refractivity contribution in [2.75, 3.05) is 6.54 Å². The molecule has 2 aromatic rings. The molecule has 1 nitrogen and oxygen atoms in total. The lowest BCUT2D eigenvalue weighted by molar-refractivity contribution is 0.529. The van der Waals surface area contributed by atoms with Crippen LogP contribution >= 0.6 is 34.8 Å². The molecule has 0 bridgehead atoms. The maximum atomic E-state index is 6.34. The van der Waals surface area contributed by atoms with E-state index in [4.69, 9.17) is 34.8 Å². The van der Waals surface area contributed by atoms with Crippen LogP contribution in [0.1, 0.15) is 30.5 Å². The zero-order valence-corrected chi connectivity index (χ0v) is 14.1. The van der Waals surface area contributed by atoms with E-state index in [1.165, 1.54) is 0 Å². The van der Waals surface area contributed by atoms with Crippen molar-refractivity contribution in [3.8, 4) is 0 Å². The maximum absolute atomic E-state index is 6.34. The first-order valence-electron chi connectivity index (χ1n) is 7.04. The molecular formula is C17H18Cl3N. The normalized spacial score (nSPS) is 12.4. The molecule has 0 radical (unpaired) electrons. The van der Waals surface area contributed by atoms with E-state index in [1.807, 2.05) is 42.5 Å². The highest BCUT2D eigenvalue weighted by molar-refractivity contribution is 6.36. The molecule has 0 saturated heterocycles. The lowest BCUT2D eigenvalue weighted by Crippen LogP contribution is -2.24. The molecule has 0 aliphatic carbocycles. The minimum atomic E-state index is 0.0936. The summed E-state index contributed by atoms with van der Waals surface area (Å²) in [7, 11) is 0. The van der Waals surface area contributed by atoms with Crippen molar-refractivity contribution in [2.24, 2.45) is 0 Å². The summed E-state index contributed by atoms with van der Waals surface area (Å²) >= 11 is 18.9. The van der Waals surface area contributed by atoms with E-state index in [2.05, 4.69) is 12.2 Å². The third-order valence-electron chi connectivity index (χ3n) is 3.39. The Morgan fingerprint density at radius 2 is 1.52 bits per heavy atom. The van der Waals surface area contributed by atoms with E-state index in [1.54, 1.807) is 0 Å². The Morgan fingerprint density at radius 1 is 0.905 bits per heavy atom. The molecule has 2 aromatic carbocycles. The molecule has 0 aromatic heterocycles. The second kappa shape index (κ2) is 8.05. The molecule has 1 N–H and O–H groups in total. The Balaban J connectivity index is 2.31. The highest BCUT2D eigenvalue weighted by atomic mass is 35.5. The number of rotatable bonds is 6. The number of halogens is 3. The maximum Gasteiger partial charge on any atom is 0.0453 e. The Labute approximate surface area is 141 Å². The van der Waals surface area contributed by atoms with Gasteiger partial charge in [0.05, 0.1) is 0 Å². The summed E-state index contributed by atoms with van der Waals surface area (Å²) < 4.78 is 0. The van der Waals surface area contributed by atoms with Crippen LogP contribution in [0.2, 0.25) is 15.1 Å². The monoisotopic (exact) mass is 341 g/mol. The van der Waals surface area contributed by atoms with E-state index in [0.29, 0.717) is 16.5 Å². The van der Waals surface area contributed by atoms with Crippen LogP contribution in [0.3, 0.4) is 0 Å². The predicted octanol–water partition coefficient (Wildman–Crippen LogP) is 5.93. The lowest BCUT2D eigenvalue weighted by atomic mass is 9.98. The fraction of sp³-hybridized carbons (Fsp3) is 0.294. The topological polar surface area (TPSA) is 12.0 Å².